The van der Waals surface area contributed by atoms with Crippen LogP contribution in [0.15, 0.2) is 36.4 Å². The van der Waals surface area contributed by atoms with Crippen LogP contribution in [0.3, 0.4) is 0 Å². The van der Waals surface area contributed by atoms with Crippen molar-refractivity contribution in [1.29, 1.82) is 0 Å². The van der Waals surface area contributed by atoms with Gasteiger partial charge in [0.1, 0.15) is 0 Å². The molecule has 1 aliphatic carbocycles. The van der Waals surface area contributed by atoms with E-state index in [0.717, 1.165) is 25.0 Å². The third-order valence-electron chi connectivity index (χ3n) is 4.78. The normalized spacial score (nSPS) is 27.5. The quantitative estimate of drug-likeness (QED) is 0.835. The van der Waals surface area contributed by atoms with Crippen molar-refractivity contribution < 1.29 is 23.1 Å². The number of nitrogens with zero attached hydrogens (tertiary/aromatic N) is 1. The van der Waals surface area contributed by atoms with E-state index in [1.54, 1.807) is 11.0 Å². The van der Waals surface area contributed by atoms with Gasteiger partial charge < -0.3 is 10.0 Å². The molecule has 1 aromatic carbocycles. The SMILES string of the molecule is O=C(C1CC=CCC1)N1CC(O)CC1c1cccc(C(F)(F)F)c1. The fraction of sp³-hybridized carbons (Fsp3) is 0.500. The van der Waals surface area contributed by atoms with E-state index in [2.05, 4.69) is 0 Å². The van der Waals surface area contributed by atoms with Gasteiger partial charge in [-0.1, -0.05) is 24.3 Å². The first-order valence-corrected chi connectivity index (χ1v) is 8.17. The molecule has 0 saturated carbocycles. The molecule has 3 atom stereocenters. The first kappa shape index (κ1) is 17.0. The van der Waals surface area contributed by atoms with Crippen LogP contribution in [0.2, 0.25) is 0 Å². The highest BCUT2D eigenvalue weighted by Crippen LogP contribution is 2.37. The second-order valence-electron chi connectivity index (χ2n) is 6.50. The van der Waals surface area contributed by atoms with Gasteiger partial charge in [-0.15, -0.1) is 0 Å². The Labute approximate surface area is 138 Å². The Hall–Kier alpha value is -1.82. The molecule has 1 fully saturated rings. The number of carbonyl (C=O) groups excluding carboxylic acids is 1. The maximum Gasteiger partial charge on any atom is 0.416 e. The largest absolute Gasteiger partial charge is 0.416 e. The van der Waals surface area contributed by atoms with Gasteiger partial charge in [0.2, 0.25) is 5.91 Å². The Morgan fingerprint density at radius 3 is 2.71 bits per heavy atom. The van der Waals surface area contributed by atoms with Crippen LogP contribution in [0.25, 0.3) is 0 Å². The van der Waals surface area contributed by atoms with Crippen molar-refractivity contribution in [2.75, 3.05) is 6.54 Å². The van der Waals surface area contributed by atoms with Crippen LogP contribution in [0.5, 0.6) is 0 Å². The third-order valence-corrected chi connectivity index (χ3v) is 4.78. The molecule has 3 nitrogen and oxygen atoms in total. The highest BCUT2D eigenvalue weighted by molar-refractivity contribution is 5.80. The number of aliphatic hydroxyl groups excluding tert-OH is 1. The zero-order valence-corrected chi connectivity index (χ0v) is 13.2. The number of hydrogen-bond acceptors (Lipinski definition) is 2. The van der Waals surface area contributed by atoms with Gasteiger partial charge in [-0.2, -0.15) is 13.2 Å². The number of hydrogen-bond donors (Lipinski definition) is 1. The zero-order valence-electron chi connectivity index (χ0n) is 13.2. The van der Waals surface area contributed by atoms with Gasteiger partial charge in [0.25, 0.3) is 0 Å². The Kier molecular flexibility index (Phi) is 4.67. The number of allylic oxidation sites excluding steroid dienone is 2. The van der Waals surface area contributed by atoms with Crippen LogP contribution in [-0.2, 0) is 11.0 Å². The summed E-state index contributed by atoms with van der Waals surface area (Å²) in [6, 6.07) is 4.56. The summed E-state index contributed by atoms with van der Waals surface area (Å²) in [6.07, 6.45) is 1.39. The van der Waals surface area contributed by atoms with Crippen LogP contribution >= 0.6 is 0 Å². The molecule has 0 aromatic heterocycles. The molecule has 2 aliphatic rings. The van der Waals surface area contributed by atoms with E-state index in [1.807, 2.05) is 12.2 Å². The Morgan fingerprint density at radius 1 is 1.25 bits per heavy atom. The average molecular weight is 339 g/mol. The van der Waals surface area contributed by atoms with E-state index in [4.69, 9.17) is 0 Å². The summed E-state index contributed by atoms with van der Waals surface area (Å²) in [4.78, 5) is 14.3. The average Bonchev–Trinajstić information content (AvgIpc) is 2.96. The van der Waals surface area contributed by atoms with Gasteiger partial charge in [0.15, 0.2) is 0 Å². The summed E-state index contributed by atoms with van der Waals surface area (Å²) in [5.74, 6) is -0.216. The molecule has 1 aromatic rings. The van der Waals surface area contributed by atoms with Gasteiger partial charge in [0.05, 0.1) is 17.7 Å². The molecular weight excluding hydrogens is 319 g/mol. The summed E-state index contributed by atoms with van der Waals surface area (Å²) >= 11 is 0. The van der Waals surface area contributed by atoms with E-state index < -0.39 is 23.9 Å². The summed E-state index contributed by atoms with van der Waals surface area (Å²) in [6.45, 7) is 0.181. The van der Waals surface area contributed by atoms with Crippen molar-refractivity contribution in [3.63, 3.8) is 0 Å². The van der Waals surface area contributed by atoms with Crippen molar-refractivity contribution in [3.05, 3.63) is 47.5 Å². The lowest BCUT2D eigenvalue weighted by Gasteiger charge is -2.29. The molecule has 3 unspecified atom stereocenters. The molecule has 0 spiro atoms. The minimum Gasteiger partial charge on any atom is -0.391 e. The van der Waals surface area contributed by atoms with Crippen molar-refractivity contribution in [2.45, 2.75) is 44.0 Å². The van der Waals surface area contributed by atoms with Gasteiger partial charge in [-0.25, -0.2) is 0 Å². The first-order valence-electron chi connectivity index (χ1n) is 8.17. The lowest BCUT2D eigenvalue weighted by Crippen LogP contribution is -2.37. The summed E-state index contributed by atoms with van der Waals surface area (Å²) in [5.41, 5.74) is -0.296. The predicted octanol–water partition coefficient (Wildman–Crippen LogP) is 3.70. The van der Waals surface area contributed by atoms with Crippen molar-refractivity contribution >= 4 is 5.91 Å². The van der Waals surface area contributed by atoms with Crippen molar-refractivity contribution in [2.24, 2.45) is 5.92 Å². The Bertz CT molecular complexity index is 641. The molecule has 0 bridgehead atoms. The van der Waals surface area contributed by atoms with E-state index >= 15 is 0 Å². The van der Waals surface area contributed by atoms with Crippen molar-refractivity contribution in [3.8, 4) is 0 Å². The van der Waals surface area contributed by atoms with E-state index in [1.165, 1.54) is 6.07 Å². The summed E-state index contributed by atoms with van der Waals surface area (Å²) in [7, 11) is 0. The van der Waals surface area contributed by atoms with E-state index in [-0.39, 0.29) is 24.8 Å². The molecular formula is C18H20F3NO2. The van der Waals surface area contributed by atoms with Crippen LogP contribution in [0.1, 0.15) is 42.9 Å². The number of likely N-dealkylation sites (tertiary alicyclic amines) is 1. The standard InChI is InChI=1S/C18H20F3NO2/c19-18(20,21)14-8-4-7-13(9-14)16-10-15(23)11-22(16)17(24)12-5-2-1-3-6-12/h1-2,4,7-9,12,15-16,23H,3,5-6,10-11H2. The maximum atomic E-state index is 12.9. The highest BCUT2D eigenvalue weighted by Gasteiger charge is 2.39. The third kappa shape index (κ3) is 3.48. The number of amides is 1. The second-order valence-corrected chi connectivity index (χ2v) is 6.50. The number of aliphatic hydroxyl groups is 1. The molecule has 3 rings (SSSR count). The number of rotatable bonds is 2. The fourth-order valence-electron chi connectivity index (χ4n) is 3.55. The van der Waals surface area contributed by atoms with Crippen LogP contribution in [0, 0.1) is 5.92 Å². The number of β-amino-alcohol motifs (C(OH)–C–C–N with tert-alkyl or cyclic N) is 1. The van der Waals surface area contributed by atoms with Gasteiger partial charge >= 0.3 is 6.18 Å². The van der Waals surface area contributed by atoms with Crippen LogP contribution < -0.4 is 0 Å². The Morgan fingerprint density at radius 2 is 2.04 bits per heavy atom. The van der Waals surface area contributed by atoms with Crippen molar-refractivity contribution in [1.82, 2.24) is 4.90 Å². The lowest BCUT2D eigenvalue weighted by atomic mass is 9.92. The molecule has 1 saturated heterocycles. The molecule has 24 heavy (non-hydrogen) atoms. The monoisotopic (exact) mass is 339 g/mol. The Balaban J connectivity index is 1.85. The van der Waals surface area contributed by atoms with Crippen LogP contribution in [0.4, 0.5) is 13.2 Å². The fourth-order valence-corrected chi connectivity index (χ4v) is 3.55. The lowest BCUT2D eigenvalue weighted by molar-refractivity contribution is -0.137. The predicted molar refractivity (Wildman–Crippen MR) is 83.0 cm³/mol. The number of carbonyl (C=O) groups is 1. The minimum atomic E-state index is -4.42. The molecule has 1 aliphatic heterocycles. The van der Waals surface area contributed by atoms with Gasteiger partial charge in [0, 0.05) is 12.5 Å². The second kappa shape index (κ2) is 6.59. The first-order chi connectivity index (χ1) is 11.4. The maximum absolute atomic E-state index is 12.9. The number of halogens is 3. The molecule has 0 radical (unpaired) electrons. The summed E-state index contributed by atoms with van der Waals surface area (Å²) < 4.78 is 38.8. The van der Waals surface area contributed by atoms with Crippen LogP contribution in [-0.4, -0.2) is 28.6 Å². The topological polar surface area (TPSA) is 40.5 Å². The van der Waals surface area contributed by atoms with E-state index in [0.29, 0.717) is 12.0 Å². The highest BCUT2D eigenvalue weighted by atomic mass is 19.4. The molecule has 1 N–H and O–H groups in total. The zero-order chi connectivity index (χ0) is 17.3. The van der Waals surface area contributed by atoms with E-state index in [9.17, 15) is 23.1 Å². The number of benzene rings is 1. The molecule has 6 heteroatoms. The molecule has 1 amide bonds. The smallest absolute Gasteiger partial charge is 0.391 e. The number of alkyl halides is 3. The summed E-state index contributed by atoms with van der Waals surface area (Å²) in [5, 5.41) is 9.98. The molecule has 130 valence electrons. The minimum absolute atomic E-state index is 0.0710. The van der Waals surface area contributed by atoms with Gasteiger partial charge in [-0.3, -0.25) is 4.79 Å². The molecule has 1 heterocycles. The van der Waals surface area contributed by atoms with Gasteiger partial charge in [-0.05, 0) is 43.4 Å².